The first kappa shape index (κ1) is 29.6. The maximum atomic E-state index is 11.2. The fourth-order valence-corrected chi connectivity index (χ4v) is 5.11. The Hall–Kier alpha value is -4.43. The van der Waals surface area contributed by atoms with Crippen LogP contribution in [0.25, 0.3) is 22.3 Å². The fourth-order valence-electron chi connectivity index (χ4n) is 4.78. The van der Waals surface area contributed by atoms with Crippen LogP contribution in [0.2, 0.25) is 0 Å². The second-order valence-electron chi connectivity index (χ2n) is 9.34. The summed E-state index contributed by atoms with van der Waals surface area (Å²) in [6, 6.07) is 23.1. The third-order valence-electron chi connectivity index (χ3n) is 6.69. The third-order valence-corrected chi connectivity index (χ3v) is 7.13. The maximum absolute atomic E-state index is 11.2. The lowest BCUT2D eigenvalue weighted by Crippen LogP contribution is -2.11. The van der Waals surface area contributed by atoms with Crippen LogP contribution in [-0.4, -0.2) is 30.9 Å². The zero-order valence-corrected chi connectivity index (χ0v) is 24.0. The van der Waals surface area contributed by atoms with Crippen LogP contribution >= 0.6 is 12.2 Å². The molecule has 0 N–H and O–H groups in total. The summed E-state index contributed by atoms with van der Waals surface area (Å²) in [5.74, 6) is 1.68. The molecule has 212 valence electrons. The molecule has 0 spiro atoms. The standard InChI is InChI=1S/C33H33NO6S/c1-3-8-24(25-9-6-5-7-10-25)17-18-37-27-13-11-26(12-14-27)30-20-34(40-4-2)21-31(33(30)41)29-16-15-28(38-22-35)19-32(29)39-23-36/h5-7,9-16,19-24H,3-4,8,17-18H2,1-2H3. The summed E-state index contributed by atoms with van der Waals surface area (Å²) in [5.41, 5.74) is 4.15. The number of nitrogens with zero attached hydrogens (tertiary/aromatic N) is 1. The predicted molar refractivity (Wildman–Crippen MR) is 161 cm³/mol. The van der Waals surface area contributed by atoms with Crippen molar-refractivity contribution in [1.82, 2.24) is 4.73 Å². The molecule has 3 aromatic carbocycles. The summed E-state index contributed by atoms with van der Waals surface area (Å²) < 4.78 is 18.4. The number of ether oxygens (including phenoxy) is 3. The van der Waals surface area contributed by atoms with Crippen LogP contribution < -0.4 is 19.0 Å². The van der Waals surface area contributed by atoms with Gasteiger partial charge in [0.2, 0.25) is 0 Å². The van der Waals surface area contributed by atoms with Gasteiger partial charge in [-0.05, 0) is 61.1 Å². The van der Waals surface area contributed by atoms with Gasteiger partial charge in [-0.25, -0.2) is 0 Å². The molecular formula is C33H33NO6S. The zero-order valence-electron chi connectivity index (χ0n) is 23.2. The Morgan fingerprint density at radius 2 is 1.51 bits per heavy atom. The molecule has 0 saturated heterocycles. The number of hydrogen-bond acceptors (Lipinski definition) is 7. The highest BCUT2D eigenvalue weighted by molar-refractivity contribution is 7.71. The van der Waals surface area contributed by atoms with Crippen LogP contribution in [0.15, 0.2) is 85.2 Å². The molecule has 1 unspecified atom stereocenters. The SMILES string of the molecule is CCCC(CCOc1ccc(-c2cn(OCC)cc(-c3ccc(OC=O)cc3OC=O)c2=S)cc1)c1ccccc1. The second-order valence-corrected chi connectivity index (χ2v) is 9.74. The van der Waals surface area contributed by atoms with Gasteiger partial charge < -0.3 is 19.0 Å². The zero-order chi connectivity index (χ0) is 29.0. The average Bonchev–Trinajstić information content (AvgIpc) is 2.99. The van der Waals surface area contributed by atoms with Crippen molar-refractivity contribution in [2.75, 3.05) is 13.2 Å². The Labute approximate surface area is 245 Å². The summed E-state index contributed by atoms with van der Waals surface area (Å²) in [4.78, 5) is 27.8. The lowest BCUT2D eigenvalue weighted by molar-refractivity contribution is -0.121. The minimum absolute atomic E-state index is 0.200. The first-order chi connectivity index (χ1) is 20.1. The highest BCUT2D eigenvalue weighted by Gasteiger charge is 2.16. The van der Waals surface area contributed by atoms with Crippen LogP contribution in [0.1, 0.15) is 44.6 Å². The van der Waals surface area contributed by atoms with Gasteiger partial charge in [0.1, 0.15) is 23.9 Å². The summed E-state index contributed by atoms with van der Waals surface area (Å²) in [7, 11) is 0. The van der Waals surface area contributed by atoms with Crippen LogP contribution in [0.3, 0.4) is 0 Å². The number of carbonyl (C=O) groups is 2. The summed E-state index contributed by atoms with van der Waals surface area (Å²) in [6.45, 7) is 5.77. The first-order valence-electron chi connectivity index (χ1n) is 13.6. The molecule has 41 heavy (non-hydrogen) atoms. The van der Waals surface area contributed by atoms with Gasteiger partial charge in [-0.1, -0.05) is 68.0 Å². The number of pyridine rings is 1. The van der Waals surface area contributed by atoms with Gasteiger partial charge in [0.05, 0.1) is 23.5 Å². The highest BCUT2D eigenvalue weighted by atomic mass is 32.1. The fraction of sp³-hybridized carbons (Fsp3) is 0.242. The molecule has 8 heteroatoms. The number of benzene rings is 3. The maximum Gasteiger partial charge on any atom is 0.298 e. The van der Waals surface area contributed by atoms with Crippen molar-refractivity contribution in [2.45, 2.75) is 39.0 Å². The van der Waals surface area contributed by atoms with Gasteiger partial charge >= 0.3 is 0 Å². The summed E-state index contributed by atoms with van der Waals surface area (Å²) in [5, 5.41) is 0. The van der Waals surface area contributed by atoms with Crippen molar-refractivity contribution in [3.63, 3.8) is 0 Å². The highest BCUT2D eigenvalue weighted by Crippen LogP contribution is 2.37. The molecule has 4 aromatic rings. The Balaban J connectivity index is 1.59. The van der Waals surface area contributed by atoms with E-state index in [0.29, 0.717) is 47.7 Å². The third kappa shape index (κ3) is 7.61. The van der Waals surface area contributed by atoms with Gasteiger partial charge in [0.25, 0.3) is 12.9 Å². The number of rotatable bonds is 15. The van der Waals surface area contributed by atoms with Crippen molar-refractivity contribution >= 4 is 25.2 Å². The van der Waals surface area contributed by atoms with Gasteiger partial charge in [-0.2, -0.15) is 4.73 Å². The van der Waals surface area contributed by atoms with Crippen molar-refractivity contribution < 1.29 is 28.6 Å². The predicted octanol–water partition coefficient (Wildman–Crippen LogP) is 7.42. The van der Waals surface area contributed by atoms with E-state index in [2.05, 4.69) is 31.2 Å². The Bertz CT molecular complexity index is 1500. The van der Waals surface area contributed by atoms with Crippen LogP contribution in [0.5, 0.6) is 17.2 Å². The Morgan fingerprint density at radius 1 is 0.805 bits per heavy atom. The van der Waals surface area contributed by atoms with Crippen molar-refractivity contribution in [2.24, 2.45) is 0 Å². The van der Waals surface area contributed by atoms with Gasteiger partial charge in [0.15, 0.2) is 0 Å². The molecule has 4 rings (SSSR count). The second kappa shape index (κ2) is 14.8. The molecule has 0 fully saturated rings. The van der Waals surface area contributed by atoms with Gasteiger partial charge in [-0.15, -0.1) is 0 Å². The average molecular weight is 572 g/mol. The minimum atomic E-state index is 0.200. The largest absolute Gasteiger partial charge is 0.494 e. The van der Waals surface area contributed by atoms with Crippen LogP contribution in [0.4, 0.5) is 0 Å². The molecule has 1 heterocycles. The smallest absolute Gasteiger partial charge is 0.298 e. The van der Waals surface area contributed by atoms with Crippen LogP contribution in [0, 0.1) is 4.51 Å². The Morgan fingerprint density at radius 3 is 2.20 bits per heavy atom. The molecule has 0 bridgehead atoms. The molecule has 7 nitrogen and oxygen atoms in total. The molecule has 0 radical (unpaired) electrons. The van der Waals surface area contributed by atoms with Crippen LogP contribution in [-0.2, 0) is 9.59 Å². The van der Waals surface area contributed by atoms with E-state index in [0.717, 1.165) is 36.1 Å². The lowest BCUT2D eigenvalue weighted by Gasteiger charge is -2.17. The van der Waals surface area contributed by atoms with E-state index in [1.165, 1.54) is 11.6 Å². The number of carbonyl (C=O) groups excluding carboxylic acids is 2. The van der Waals surface area contributed by atoms with Gasteiger partial charge in [-0.3, -0.25) is 9.59 Å². The lowest BCUT2D eigenvalue weighted by atomic mass is 9.92. The normalized spacial score (nSPS) is 11.4. The number of aromatic nitrogens is 1. The van der Waals surface area contributed by atoms with E-state index >= 15 is 0 Å². The number of hydrogen-bond donors (Lipinski definition) is 0. The topological polar surface area (TPSA) is 76.0 Å². The molecule has 0 aliphatic carbocycles. The molecule has 0 saturated carbocycles. The summed E-state index contributed by atoms with van der Waals surface area (Å²) in [6.07, 6.45) is 6.74. The molecule has 0 amide bonds. The van der Waals surface area contributed by atoms with E-state index in [1.54, 1.807) is 23.1 Å². The molecule has 0 aliphatic heterocycles. The Kier molecular flexibility index (Phi) is 10.7. The van der Waals surface area contributed by atoms with Crippen molar-refractivity contribution in [3.8, 4) is 39.5 Å². The quantitative estimate of drug-likeness (QED) is 0.109. The van der Waals surface area contributed by atoms with Gasteiger partial charge in [0, 0.05) is 22.8 Å². The van der Waals surface area contributed by atoms with E-state index < -0.39 is 0 Å². The van der Waals surface area contributed by atoms with Crippen molar-refractivity contribution in [1.29, 1.82) is 0 Å². The monoisotopic (exact) mass is 571 g/mol. The molecule has 1 atom stereocenters. The molecule has 0 aliphatic rings. The van der Waals surface area contributed by atoms with E-state index in [4.69, 9.17) is 31.3 Å². The molecule has 1 aromatic heterocycles. The van der Waals surface area contributed by atoms with E-state index in [-0.39, 0.29) is 11.5 Å². The summed E-state index contributed by atoms with van der Waals surface area (Å²) >= 11 is 5.90. The van der Waals surface area contributed by atoms with E-state index in [9.17, 15) is 9.59 Å². The van der Waals surface area contributed by atoms with E-state index in [1.807, 2.05) is 43.5 Å². The first-order valence-corrected chi connectivity index (χ1v) is 14.0. The van der Waals surface area contributed by atoms with Crippen molar-refractivity contribution in [3.05, 3.63) is 95.3 Å². The minimum Gasteiger partial charge on any atom is -0.494 e. The molecular weight excluding hydrogens is 538 g/mol.